The molecule has 5 rings (SSSR count). The second-order valence-electron chi connectivity index (χ2n) is 8.23. The van der Waals surface area contributed by atoms with Gasteiger partial charge in [0.1, 0.15) is 12.4 Å². The Labute approximate surface area is 196 Å². The molecule has 0 aliphatic carbocycles. The van der Waals surface area contributed by atoms with Crippen LogP contribution < -0.4 is 4.74 Å². The van der Waals surface area contributed by atoms with Crippen molar-refractivity contribution in [1.82, 2.24) is 4.98 Å². The number of carboxylic acid groups (broad SMARTS) is 1. The van der Waals surface area contributed by atoms with Crippen molar-refractivity contribution in [3.8, 4) is 16.3 Å². The largest absolute Gasteiger partial charge is 0.488 e. The number of aromatic nitrogens is 1. The van der Waals surface area contributed by atoms with Crippen LogP contribution >= 0.6 is 11.3 Å². The molecular weight excluding hydrogens is 430 g/mol. The minimum Gasteiger partial charge on any atom is -0.488 e. The van der Waals surface area contributed by atoms with Crippen LogP contribution in [0.5, 0.6) is 5.75 Å². The van der Waals surface area contributed by atoms with E-state index in [2.05, 4.69) is 19.1 Å². The van der Waals surface area contributed by atoms with E-state index in [1.165, 1.54) is 5.39 Å². The van der Waals surface area contributed by atoms with Crippen LogP contribution in [0.1, 0.15) is 32.6 Å². The Morgan fingerprint density at radius 1 is 0.970 bits per heavy atom. The molecule has 0 bridgehead atoms. The van der Waals surface area contributed by atoms with Crippen molar-refractivity contribution in [3.05, 3.63) is 94.5 Å². The Kier molecular flexibility index (Phi) is 5.35. The van der Waals surface area contributed by atoms with E-state index >= 15 is 0 Å². The van der Waals surface area contributed by atoms with Crippen molar-refractivity contribution >= 4 is 38.3 Å². The number of carbonyl (C=O) groups is 1. The van der Waals surface area contributed by atoms with Gasteiger partial charge in [0, 0.05) is 4.70 Å². The molecule has 0 atom stereocenters. The fourth-order valence-electron chi connectivity index (χ4n) is 4.19. The number of aromatic carboxylic acids is 1. The summed E-state index contributed by atoms with van der Waals surface area (Å²) in [5, 5.41) is 11.8. The van der Waals surface area contributed by atoms with E-state index in [0.29, 0.717) is 29.0 Å². The molecule has 0 fully saturated rings. The second kappa shape index (κ2) is 8.34. The number of thiophene rings is 1. The van der Waals surface area contributed by atoms with E-state index in [-0.39, 0.29) is 5.56 Å². The molecule has 0 radical (unpaired) electrons. The monoisotopic (exact) mass is 453 g/mol. The molecule has 5 aromatic rings. The number of ether oxygens (including phenoxy) is 1. The fraction of sp³-hybridized carbons (Fsp3) is 0.143. The molecule has 0 spiro atoms. The summed E-state index contributed by atoms with van der Waals surface area (Å²) in [4.78, 5) is 18.3. The van der Waals surface area contributed by atoms with Crippen LogP contribution in [0.4, 0.5) is 0 Å². The van der Waals surface area contributed by atoms with E-state index < -0.39 is 5.97 Å². The maximum atomic E-state index is 12.4. The van der Waals surface area contributed by atoms with Crippen LogP contribution in [0.2, 0.25) is 0 Å². The van der Waals surface area contributed by atoms with Gasteiger partial charge >= 0.3 is 5.97 Å². The van der Waals surface area contributed by atoms with Crippen molar-refractivity contribution in [2.24, 2.45) is 0 Å². The predicted molar refractivity (Wildman–Crippen MR) is 135 cm³/mol. The first-order chi connectivity index (χ1) is 15.9. The molecule has 164 valence electrons. The molecule has 2 heterocycles. The molecule has 0 saturated heterocycles. The second-order valence-corrected chi connectivity index (χ2v) is 9.28. The average Bonchev–Trinajstić information content (AvgIpc) is 3.15. The molecule has 0 unspecified atom stereocenters. The summed E-state index contributed by atoms with van der Waals surface area (Å²) >= 11 is 1.64. The smallest absolute Gasteiger partial charge is 0.336 e. The number of pyridine rings is 1. The van der Waals surface area contributed by atoms with Gasteiger partial charge in [0.15, 0.2) is 0 Å². The number of hydrogen-bond acceptors (Lipinski definition) is 4. The molecule has 3 aromatic carbocycles. The fourth-order valence-corrected chi connectivity index (χ4v) is 5.36. The highest BCUT2D eigenvalue weighted by Crippen LogP contribution is 2.40. The number of nitrogens with zero attached hydrogens (tertiary/aromatic N) is 1. The van der Waals surface area contributed by atoms with Crippen molar-refractivity contribution in [3.63, 3.8) is 0 Å². The van der Waals surface area contributed by atoms with E-state index in [4.69, 9.17) is 9.72 Å². The van der Waals surface area contributed by atoms with Crippen LogP contribution in [-0.4, -0.2) is 16.1 Å². The average molecular weight is 454 g/mol. The number of fused-ring (bicyclic) bond motifs is 2. The third-order valence-electron chi connectivity index (χ3n) is 6.08. The Bertz CT molecular complexity index is 1530. The summed E-state index contributed by atoms with van der Waals surface area (Å²) in [5.41, 5.74) is 5.76. The third-order valence-corrected chi connectivity index (χ3v) is 7.37. The summed E-state index contributed by atoms with van der Waals surface area (Å²) in [6, 6.07) is 21.7. The van der Waals surface area contributed by atoms with Crippen LogP contribution in [0.3, 0.4) is 0 Å². The minimum absolute atomic E-state index is 0.204. The number of aryl methyl sites for hydroxylation is 3. The molecule has 0 saturated carbocycles. The van der Waals surface area contributed by atoms with Gasteiger partial charge < -0.3 is 9.84 Å². The van der Waals surface area contributed by atoms with E-state index in [1.54, 1.807) is 17.4 Å². The molecule has 0 aliphatic rings. The standard InChI is InChI=1S/C28H23NO3S/c1-16-8-4-5-9-19(16)15-32-23-13-12-17(2)26-25(23)21(28(30)31)14-22(29-26)27-18(3)20-10-6-7-11-24(20)33-27/h4-14H,15H2,1-3H3,(H,30,31). The van der Waals surface area contributed by atoms with Crippen molar-refractivity contribution in [2.75, 3.05) is 0 Å². The van der Waals surface area contributed by atoms with Crippen molar-refractivity contribution in [2.45, 2.75) is 27.4 Å². The van der Waals surface area contributed by atoms with Crippen LogP contribution in [-0.2, 0) is 6.61 Å². The molecule has 33 heavy (non-hydrogen) atoms. The summed E-state index contributed by atoms with van der Waals surface area (Å²) < 4.78 is 7.31. The lowest BCUT2D eigenvalue weighted by Gasteiger charge is -2.15. The van der Waals surface area contributed by atoms with E-state index in [9.17, 15) is 9.90 Å². The first-order valence-electron chi connectivity index (χ1n) is 10.8. The Balaban J connectivity index is 1.68. The lowest BCUT2D eigenvalue weighted by Crippen LogP contribution is -2.05. The summed E-state index contributed by atoms with van der Waals surface area (Å²) in [7, 11) is 0. The molecule has 0 amide bonds. The highest BCUT2D eigenvalue weighted by atomic mass is 32.1. The molecule has 5 heteroatoms. The van der Waals surface area contributed by atoms with Crippen LogP contribution in [0, 0.1) is 20.8 Å². The number of benzene rings is 3. The SMILES string of the molecule is Cc1ccccc1COc1ccc(C)c2nc(-c3sc4ccccc4c3C)cc(C(=O)O)c12. The number of carboxylic acids is 1. The van der Waals surface area contributed by atoms with E-state index in [1.807, 2.05) is 62.4 Å². The molecule has 0 aliphatic heterocycles. The molecule has 4 nitrogen and oxygen atoms in total. The lowest BCUT2D eigenvalue weighted by molar-refractivity contribution is 0.0698. The van der Waals surface area contributed by atoms with Gasteiger partial charge in [0.05, 0.1) is 27.0 Å². The van der Waals surface area contributed by atoms with Crippen LogP contribution in [0.15, 0.2) is 66.7 Å². The highest BCUT2D eigenvalue weighted by Gasteiger charge is 2.21. The zero-order chi connectivity index (χ0) is 23.1. The lowest BCUT2D eigenvalue weighted by atomic mass is 10.0. The molecular formula is C28H23NO3S. The van der Waals surface area contributed by atoms with Gasteiger partial charge in [-0.1, -0.05) is 48.5 Å². The van der Waals surface area contributed by atoms with Gasteiger partial charge in [-0.2, -0.15) is 0 Å². The molecule has 1 N–H and O–H groups in total. The van der Waals surface area contributed by atoms with Crippen molar-refractivity contribution < 1.29 is 14.6 Å². The highest BCUT2D eigenvalue weighted by molar-refractivity contribution is 7.22. The number of rotatable bonds is 5. The first-order valence-corrected chi connectivity index (χ1v) is 11.6. The summed E-state index contributed by atoms with van der Waals surface area (Å²) in [6.07, 6.45) is 0. The number of hydrogen-bond donors (Lipinski definition) is 1. The Morgan fingerprint density at radius 3 is 2.48 bits per heavy atom. The molecule has 2 aromatic heterocycles. The quantitative estimate of drug-likeness (QED) is 0.303. The van der Waals surface area contributed by atoms with Gasteiger partial charge in [-0.05, 0) is 66.6 Å². The third kappa shape index (κ3) is 3.74. The van der Waals surface area contributed by atoms with E-state index in [0.717, 1.165) is 31.8 Å². The first kappa shape index (κ1) is 21.2. The van der Waals surface area contributed by atoms with Gasteiger partial charge in [0.2, 0.25) is 0 Å². The van der Waals surface area contributed by atoms with Gasteiger partial charge in [0.25, 0.3) is 0 Å². The zero-order valence-corrected chi connectivity index (χ0v) is 19.5. The summed E-state index contributed by atoms with van der Waals surface area (Å²) in [6.45, 7) is 6.42. The van der Waals surface area contributed by atoms with Crippen molar-refractivity contribution in [1.29, 1.82) is 0 Å². The van der Waals surface area contributed by atoms with Gasteiger partial charge in [-0.15, -0.1) is 11.3 Å². The Morgan fingerprint density at radius 2 is 1.73 bits per heavy atom. The topological polar surface area (TPSA) is 59.4 Å². The Hall–Kier alpha value is -3.70. The normalized spacial score (nSPS) is 11.2. The maximum absolute atomic E-state index is 12.4. The predicted octanol–water partition coefficient (Wildman–Crippen LogP) is 7.32. The zero-order valence-electron chi connectivity index (χ0n) is 18.7. The maximum Gasteiger partial charge on any atom is 0.336 e. The van der Waals surface area contributed by atoms with Gasteiger partial charge in [-0.3, -0.25) is 0 Å². The van der Waals surface area contributed by atoms with Crippen LogP contribution in [0.25, 0.3) is 31.6 Å². The van der Waals surface area contributed by atoms with Gasteiger partial charge in [-0.25, -0.2) is 9.78 Å². The minimum atomic E-state index is -0.992. The summed E-state index contributed by atoms with van der Waals surface area (Å²) in [5.74, 6) is -0.461.